The van der Waals surface area contributed by atoms with E-state index >= 15 is 0 Å². The molecule has 0 saturated carbocycles. The maximum absolute atomic E-state index is 4.39. The van der Waals surface area contributed by atoms with Crippen molar-refractivity contribution in [2.45, 2.75) is 287 Å². The third-order valence-corrected chi connectivity index (χ3v) is 14.1. The van der Waals surface area contributed by atoms with Gasteiger partial charge in [0.1, 0.15) is 0 Å². The molecule has 0 saturated heterocycles. The summed E-state index contributed by atoms with van der Waals surface area (Å²) in [6.07, 6.45) is 8.28. The Morgan fingerprint density at radius 1 is 0.234 bits per heavy atom. The van der Waals surface area contributed by atoms with Gasteiger partial charge < -0.3 is 0 Å². The lowest BCUT2D eigenvalue weighted by Crippen LogP contribution is -2.03. The van der Waals surface area contributed by atoms with E-state index < -0.39 is 0 Å². The van der Waals surface area contributed by atoms with Gasteiger partial charge in [0.15, 0.2) is 0 Å². The van der Waals surface area contributed by atoms with Gasteiger partial charge in [-0.15, -0.1) is 0 Å². The highest BCUT2D eigenvalue weighted by Crippen LogP contribution is 2.30. The maximum atomic E-state index is 4.39. The van der Waals surface area contributed by atoms with Gasteiger partial charge in [0.25, 0.3) is 0 Å². The Bertz CT molecular complexity index is 3340. The highest BCUT2D eigenvalue weighted by molar-refractivity contribution is 6.07. The van der Waals surface area contributed by atoms with Crippen LogP contribution in [0, 0.1) is 0 Å². The van der Waals surface area contributed by atoms with Crippen molar-refractivity contribution in [2.75, 3.05) is 0 Å². The number of hydrogen-bond acceptors (Lipinski definition) is 8. The van der Waals surface area contributed by atoms with Crippen molar-refractivity contribution in [3.63, 3.8) is 0 Å². The molecule has 520 valence electrons. The van der Waals surface area contributed by atoms with Gasteiger partial charge in [-0.2, -0.15) is 40.8 Å². The lowest BCUT2D eigenvalue weighted by atomic mass is 9.90. The van der Waals surface area contributed by atoms with Gasteiger partial charge in [-0.3, -0.25) is 0 Å². The summed E-state index contributed by atoms with van der Waals surface area (Å²) in [6.45, 7) is 69.4. The van der Waals surface area contributed by atoms with Crippen LogP contribution < -0.4 is 0 Å². The van der Waals surface area contributed by atoms with Crippen molar-refractivity contribution in [1.29, 1.82) is 0 Å². The van der Waals surface area contributed by atoms with Gasteiger partial charge in [0.05, 0.1) is 22.8 Å². The number of rotatable bonds is 16. The van der Waals surface area contributed by atoms with E-state index in [0.29, 0.717) is 0 Å². The molecule has 0 aliphatic rings. The molecular formula is C86H136N8. The molecule has 0 heterocycles. The van der Waals surface area contributed by atoms with Crippen LogP contribution in [-0.4, -0.2) is 45.7 Å². The quantitative estimate of drug-likeness (QED) is 0.0680. The van der Waals surface area contributed by atoms with Crippen LogP contribution in [0.4, 0.5) is 0 Å². The van der Waals surface area contributed by atoms with Gasteiger partial charge in [-0.1, -0.05) is 243 Å². The smallest absolute Gasteiger partial charge is 0.0674 e. The molecule has 0 radical (unpaired) electrons. The fraction of sp³-hybridized carbons (Fsp3) is 0.488. The van der Waals surface area contributed by atoms with E-state index in [1.807, 2.05) is 166 Å². The summed E-state index contributed by atoms with van der Waals surface area (Å²) >= 11 is 0. The third-order valence-electron chi connectivity index (χ3n) is 14.1. The van der Waals surface area contributed by atoms with Gasteiger partial charge in [-0.25, -0.2) is 0 Å². The second kappa shape index (κ2) is 56.1. The number of hydrogen-bond donors (Lipinski definition) is 0. The van der Waals surface area contributed by atoms with Crippen molar-refractivity contribution in [2.24, 2.45) is 40.8 Å². The van der Waals surface area contributed by atoms with Crippen LogP contribution in [0.1, 0.15) is 302 Å². The molecule has 7 rings (SSSR count). The van der Waals surface area contributed by atoms with Crippen LogP contribution in [-0.2, 0) is 51.4 Å². The molecule has 0 atom stereocenters. The number of fused-ring (bicyclic) bond motifs is 3. The monoisotopic (exact) mass is 1280 g/mol. The van der Waals surface area contributed by atoms with E-state index in [9.17, 15) is 0 Å². The largest absolute Gasteiger partial charge is 0.160 e. The lowest BCUT2D eigenvalue weighted by Gasteiger charge is -2.14. The lowest BCUT2D eigenvalue weighted by molar-refractivity contribution is 1.08. The molecule has 0 fully saturated rings. The number of aryl methyl sites for hydroxylation is 8. The number of benzene rings is 7. The topological polar surface area (TPSA) is 98.9 Å². The first kappa shape index (κ1) is 93.1. The Kier molecular flexibility index (Phi) is 55.5. The van der Waals surface area contributed by atoms with Crippen LogP contribution >= 0.6 is 0 Å². The summed E-state index contributed by atoms with van der Waals surface area (Å²) < 4.78 is 0. The number of nitrogens with zero attached hydrogens (tertiary/aromatic N) is 8. The molecule has 94 heavy (non-hydrogen) atoms. The van der Waals surface area contributed by atoms with Crippen molar-refractivity contribution in [3.05, 3.63) is 176 Å². The predicted octanol–water partition coefficient (Wildman–Crippen LogP) is 26.7. The third kappa shape index (κ3) is 31.3. The van der Waals surface area contributed by atoms with Gasteiger partial charge in [0.2, 0.25) is 0 Å². The first-order chi connectivity index (χ1) is 45.3. The molecule has 0 aromatic heterocycles. The first-order valence-corrected chi connectivity index (χ1v) is 36.3. The van der Waals surface area contributed by atoms with E-state index in [4.69, 9.17) is 0 Å². The Balaban J connectivity index is -0.000000540. The van der Waals surface area contributed by atoms with Gasteiger partial charge >= 0.3 is 0 Å². The summed E-state index contributed by atoms with van der Waals surface area (Å²) in [5.74, 6) is 0. The fourth-order valence-electron chi connectivity index (χ4n) is 9.76. The molecule has 0 aliphatic heterocycles. The highest BCUT2D eigenvalue weighted by Gasteiger charge is 2.14. The Morgan fingerprint density at radius 2 is 0.543 bits per heavy atom. The van der Waals surface area contributed by atoms with Crippen molar-refractivity contribution in [3.8, 4) is 0 Å². The molecule has 0 bridgehead atoms. The first-order valence-electron chi connectivity index (χ1n) is 36.3. The van der Waals surface area contributed by atoms with Crippen LogP contribution in [0.15, 0.2) is 150 Å². The molecule has 7 aromatic carbocycles. The van der Waals surface area contributed by atoms with E-state index in [-0.39, 0.29) is 0 Å². The van der Waals surface area contributed by atoms with Crippen LogP contribution in [0.2, 0.25) is 0 Å². The molecule has 8 heteroatoms. The molecule has 7 aromatic rings. The predicted molar refractivity (Wildman–Crippen MR) is 437 cm³/mol. The molecule has 0 unspecified atom stereocenters. The van der Waals surface area contributed by atoms with Crippen LogP contribution in [0.25, 0.3) is 32.3 Å². The van der Waals surface area contributed by atoms with E-state index in [2.05, 4.69) is 219 Å². The molecule has 0 N–H and O–H groups in total. The zero-order valence-electron chi connectivity index (χ0n) is 66.6. The average Bonchev–Trinajstić information content (AvgIpc) is 0.806. The van der Waals surface area contributed by atoms with Gasteiger partial charge in [0, 0.05) is 39.5 Å². The zero-order valence-corrected chi connectivity index (χ0v) is 66.6. The molecule has 0 aliphatic carbocycles. The SMILES string of the molecule is CC.CC.CC.CC.CC.CC.CC.CCc1cc(/C(C)=N/N=C(C)C)c(CC)c2ccccc12.CCc1cc(/C(C)=N\N=C(C)C)c(CC)c2ccccc12.CCc1ccc(/C(C)=N/N=C(C)C)c(CC)c1.CCc1ccc(CC)c2cc(/C(C)=N/N=C(C)C)ccc12. The summed E-state index contributed by atoms with van der Waals surface area (Å²) in [4.78, 5) is 0. The fourth-order valence-corrected chi connectivity index (χ4v) is 9.76. The van der Waals surface area contributed by atoms with Crippen molar-refractivity contribution in [1.82, 2.24) is 0 Å². The summed E-state index contributed by atoms with van der Waals surface area (Å²) in [7, 11) is 0. The maximum Gasteiger partial charge on any atom is 0.0674 e. The van der Waals surface area contributed by atoms with Crippen molar-refractivity contribution >= 4 is 78.0 Å². The normalized spacial score (nSPS) is 10.4. The summed E-state index contributed by atoms with van der Waals surface area (Å²) in [6, 6.07) is 39.7. The second-order valence-electron chi connectivity index (χ2n) is 21.1. The van der Waals surface area contributed by atoms with Gasteiger partial charge in [-0.05, 0) is 235 Å². The molecule has 0 spiro atoms. The Morgan fingerprint density at radius 3 is 0.862 bits per heavy atom. The molecule has 0 amide bonds. The summed E-state index contributed by atoms with van der Waals surface area (Å²) in [5, 5.41) is 42.2. The van der Waals surface area contributed by atoms with E-state index in [0.717, 1.165) is 103 Å². The van der Waals surface area contributed by atoms with E-state index in [1.54, 1.807) is 0 Å². The van der Waals surface area contributed by atoms with Crippen LogP contribution in [0.5, 0.6) is 0 Å². The second-order valence-corrected chi connectivity index (χ2v) is 21.1. The summed E-state index contributed by atoms with van der Waals surface area (Å²) in [5.41, 5.74) is 23.7. The average molecular weight is 1280 g/mol. The highest BCUT2D eigenvalue weighted by atomic mass is 15.2. The van der Waals surface area contributed by atoms with E-state index in [1.165, 1.54) is 93.5 Å². The Labute approximate surface area is 578 Å². The Hall–Kier alpha value is -7.32. The standard InChI is InChI=1S/3C19H24N2.C15H22N2.7C2H6/c1-6-15-8-9-16(7-2)19-12-17(10-11-18(15)19)14(5)21-20-13(3)4;2*1-6-15-12-19(14(5)21-20-13(3)4)16(7-2)18-11-9-8-10-17(15)18;1-6-13-8-9-15(14(7-2)10-13)12(5)17-16-11(3)4;7*1-2/h3*8-12H,6-7H2,1-5H3;8-10H,6-7H2,1-5H3;7*1-2H3/b2*21-14+;21-14-;17-12+;;;;;;;. The minimum atomic E-state index is 0.960. The minimum Gasteiger partial charge on any atom is -0.160 e. The zero-order chi connectivity index (χ0) is 73.1. The van der Waals surface area contributed by atoms with Crippen molar-refractivity contribution < 1.29 is 0 Å². The minimum absolute atomic E-state index is 0.960. The molecular weight excluding hydrogens is 1150 g/mol. The van der Waals surface area contributed by atoms with Crippen LogP contribution in [0.3, 0.4) is 0 Å². The molecule has 8 nitrogen and oxygen atoms in total.